The SMILES string of the molecule is CCCCCCCCCC1OC23CCCCCCC2C(C#N)(C(=N)O3)C1(C#N)C#N. The lowest BCUT2D eigenvalue weighted by Crippen LogP contribution is -2.62. The second kappa shape index (κ2) is 9.36. The van der Waals surface area contributed by atoms with Crippen molar-refractivity contribution < 1.29 is 9.47 Å². The molecule has 1 N–H and O–H groups in total. The van der Waals surface area contributed by atoms with Crippen molar-refractivity contribution >= 4 is 5.90 Å². The number of hydrogen-bond donors (Lipinski definition) is 1. The van der Waals surface area contributed by atoms with Gasteiger partial charge in [0.05, 0.1) is 30.2 Å². The second-order valence-electron chi connectivity index (χ2n) is 9.22. The van der Waals surface area contributed by atoms with Crippen LogP contribution in [0.3, 0.4) is 0 Å². The number of rotatable bonds is 8. The molecule has 6 nitrogen and oxygen atoms in total. The lowest BCUT2D eigenvalue weighted by Gasteiger charge is -2.50. The average molecular weight is 411 g/mol. The van der Waals surface area contributed by atoms with Gasteiger partial charge in [0.2, 0.25) is 11.7 Å². The van der Waals surface area contributed by atoms with Crippen molar-refractivity contribution in [2.75, 3.05) is 0 Å². The Labute approximate surface area is 180 Å². The van der Waals surface area contributed by atoms with E-state index in [-0.39, 0.29) is 5.90 Å². The highest BCUT2D eigenvalue weighted by molar-refractivity contribution is 5.89. The topological polar surface area (TPSA) is 114 Å². The van der Waals surface area contributed by atoms with Gasteiger partial charge in [0, 0.05) is 6.42 Å². The van der Waals surface area contributed by atoms with Crippen molar-refractivity contribution in [2.24, 2.45) is 16.7 Å². The first-order valence-corrected chi connectivity index (χ1v) is 11.8. The minimum absolute atomic E-state index is 0.234. The summed E-state index contributed by atoms with van der Waals surface area (Å²) in [6, 6.07) is 6.62. The molecule has 0 spiro atoms. The molecule has 4 unspecified atom stereocenters. The Bertz CT molecular complexity index is 747. The predicted octanol–water partition coefficient (Wildman–Crippen LogP) is 5.74. The van der Waals surface area contributed by atoms with Crippen molar-refractivity contribution in [3.8, 4) is 18.2 Å². The highest BCUT2D eigenvalue weighted by Gasteiger charge is 2.79. The van der Waals surface area contributed by atoms with Crippen LogP contribution in [0.5, 0.6) is 0 Å². The molecule has 3 aliphatic rings. The molecule has 0 aromatic heterocycles. The Morgan fingerprint density at radius 3 is 2.27 bits per heavy atom. The van der Waals surface area contributed by atoms with E-state index in [1.54, 1.807) is 0 Å². The molecule has 0 radical (unpaired) electrons. The van der Waals surface area contributed by atoms with Crippen molar-refractivity contribution in [3.05, 3.63) is 0 Å². The van der Waals surface area contributed by atoms with Crippen LogP contribution in [0.4, 0.5) is 0 Å². The normalized spacial score (nSPS) is 34.4. The Hall–Kier alpha value is -2.10. The molecule has 3 rings (SSSR count). The molecule has 0 aromatic rings. The first-order valence-electron chi connectivity index (χ1n) is 11.8. The number of hydrogen-bond acceptors (Lipinski definition) is 6. The minimum atomic E-state index is -1.70. The first kappa shape index (κ1) is 22.6. The Kier molecular flexibility index (Phi) is 7.05. The summed E-state index contributed by atoms with van der Waals surface area (Å²) in [5, 5.41) is 39.3. The molecule has 30 heavy (non-hydrogen) atoms. The molecular formula is C24H34N4O2. The van der Waals surface area contributed by atoms with Crippen molar-refractivity contribution in [3.63, 3.8) is 0 Å². The predicted molar refractivity (Wildman–Crippen MR) is 112 cm³/mol. The van der Waals surface area contributed by atoms with Gasteiger partial charge in [0.25, 0.3) is 0 Å². The molecule has 0 amide bonds. The maximum absolute atomic E-state index is 10.3. The van der Waals surface area contributed by atoms with Gasteiger partial charge in [-0.3, -0.25) is 5.41 Å². The molecule has 3 fully saturated rings. The Balaban J connectivity index is 1.86. The van der Waals surface area contributed by atoms with Crippen molar-refractivity contribution in [1.29, 1.82) is 21.2 Å². The summed E-state index contributed by atoms with van der Waals surface area (Å²) < 4.78 is 12.5. The van der Waals surface area contributed by atoms with E-state index in [4.69, 9.17) is 14.9 Å². The van der Waals surface area contributed by atoms with E-state index in [0.717, 1.165) is 44.9 Å². The van der Waals surface area contributed by atoms with Gasteiger partial charge in [0.15, 0.2) is 10.8 Å². The summed E-state index contributed by atoms with van der Waals surface area (Å²) >= 11 is 0. The largest absolute Gasteiger partial charge is 0.447 e. The van der Waals surface area contributed by atoms with Crippen LogP contribution in [-0.2, 0) is 9.47 Å². The summed E-state index contributed by atoms with van der Waals surface area (Å²) in [6.07, 6.45) is 12.9. The van der Waals surface area contributed by atoms with Crippen LogP contribution in [0.2, 0.25) is 0 Å². The van der Waals surface area contributed by atoms with Crippen LogP contribution >= 0.6 is 0 Å². The molecular weight excluding hydrogens is 376 g/mol. The zero-order chi connectivity index (χ0) is 21.7. The van der Waals surface area contributed by atoms with E-state index in [0.29, 0.717) is 19.3 Å². The van der Waals surface area contributed by atoms with Gasteiger partial charge in [-0.15, -0.1) is 0 Å². The molecule has 1 saturated carbocycles. The summed E-state index contributed by atoms with van der Waals surface area (Å²) in [6.45, 7) is 2.20. The van der Waals surface area contributed by atoms with Crippen LogP contribution in [0.1, 0.15) is 96.8 Å². The molecule has 2 heterocycles. The number of unbranched alkanes of at least 4 members (excludes halogenated alkanes) is 6. The van der Waals surface area contributed by atoms with Crippen molar-refractivity contribution in [2.45, 2.75) is 109 Å². The van der Waals surface area contributed by atoms with E-state index in [9.17, 15) is 15.8 Å². The molecule has 0 aromatic carbocycles. The monoisotopic (exact) mass is 410 g/mol. The lowest BCUT2D eigenvalue weighted by molar-refractivity contribution is -0.287. The molecule has 4 atom stereocenters. The number of nitriles is 3. The maximum atomic E-state index is 10.3. The quantitative estimate of drug-likeness (QED) is 0.512. The van der Waals surface area contributed by atoms with E-state index in [1.807, 2.05) is 0 Å². The zero-order valence-electron chi connectivity index (χ0n) is 18.2. The molecule has 2 saturated heterocycles. The maximum Gasteiger partial charge on any atom is 0.217 e. The van der Waals surface area contributed by atoms with Crippen molar-refractivity contribution in [1.82, 2.24) is 0 Å². The highest BCUT2D eigenvalue weighted by Crippen LogP contribution is 2.65. The first-order chi connectivity index (χ1) is 14.6. The number of nitrogens with zero attached hydrogens (tertiary/aromatic N) is 3. The van der Waals surface area contributed by atoms with Gasteiger partial charge in [-0.2, -0.15) is 15.8 Å². The molecule has 6 heteroatoms. The third kappa shape index (κ3) is 3.38. The Morgan fingerprint density at radius 2 is 1.60 bits per heavy atom. The lowest BCUT2D eigenvalue weighted by atomic mass is 9.52. The fourth-order valence-electron chi connectivity index (χ4n) is 5.87. The second-order valence-corrected chi connectivity index (χ2v) is 9.22. The fraction of sp³-hybridized carbons (Fsp3) is 0.833. The van der Waals surface area contributed by atoms with Crippen LogP contribution in [0.15, 0.2) is 0 Å². The summed E-state index contributed by atoms with van der Waals surface area (Å²) in [4.78, 5) is 0. The van der Waals surface area contributed by atoms with Crippen LogP contribution in [0.25, 0.3) is 0 Å². The summed E-state index contributed by atoms with van der Waals surface area (Å²) in [5.41, 5.74) is -3.25. The van der Waals surface area contributed by atoms with Gasteiger partial charge < -0.3 is 9.47 Å². The van der Waals surface area contributed by atoms with Crippen LogP contribution < -0.4 is 0 Å². The fourth-order valence-corrected chi connectivity index (χ4v) is 5.87. The minimum Gasteiger partial charge on any atom is -0.447 e. The summed E-state index contributed by atoms with van der Waals surface area (Å²) in [5.74, 6) is -1.70. The highest BCUT2D eigenvalue weighted by atomic mass is 16.7. The van der Waals surface area contributed by atoms with E-state index < -0.39 is 28.6 Å². The Morgan fingerprint density at radius 1 is 0.933 bits per heavy atom. The van der Waals surface area contributed by atoms with Gasteiger partial charge in [-0.05, 0) is 19.3 Å². The zero-order valence-corrected chi connectivity index (χ0v) is 18.2. The summed E-state index contributed by atoms with van der Waals surface area (Å²) in [7, 11) is 0. The third-order valence-corrected chi connectivity index (χ3v) is 7.50. The molecule has 162 valence electrons. The van der Waals surface area contributed by atoms with E-state index >= 15 is 0 Å². The smallest absolute Gasteiger partial charge is 0.217 e. The van der Waals surface area contributed by atoms with E-state index in [2.05, 4.69) is 25.1 Å². The van der Waals surface area contributed by atoms with Crippen LogP contribution in [0, 0.1) is 56.2 Å². The number of nitrogens with one attached hydrogen (secondary N) is 1. The van der Waals surface area contributed by atoms with Gasteiger partial charge in [-0.1, -0.05) is 71.1 Å². The van der Waals surface area contributed by atoms with Crippen LogP contribution in [-0.4, -0.2) is 17.8 Å². The number of ether oxygens (including phenoxy) is 2. The standard InChI is InChI=1S/C24H34N4O2/c1-2-3-4-5-6-7-11-14-20-22(16-25,17-26)23(18-27)19-13-10-8-9-12-15-24(19,29-20)30-21(23)28/h19-20,28H,2-15H2,1H3. The van der Waals surface area contributed by atoms with Gasteiger partial charge in [0.1, 0.15) is 0 Å². The van der Waals surface area contributed by atoms with Gasteiger partial charge >= 0.3 is 0 Å². The average Bonchev–Trinajstić information content (AvgIpc) is 2.91. The third-order valence-electron chi connectivity index (χ3n) is 7.50. The van der Waals surface area contributed by atoms with E-state index in [1.165, 1.54) is 25.7 Å². The van der Waals surface area contributed by atoms with Gasteiger partial charge in [-0.25, -0.2) is 0 Å². The molecule has 1 aliphatic carbocycles. The molecule has 2 aliphatic heterocycles. The molecule has 2 bridgehead atoms.